The molecule has 1 saturated carbocycles. The standard InChI is InChI=1S/C15H21BrO3/c1-18-13-8-7-12(15(19-2)14(13)16)10-5-3-4-6-11(17)9-10/h7-8,10-11,17H,3-6,9H2,1-2H3. The number of benzene rings is 1. The molecule has 0 aromatic heterocycles. The van der Waals surface area contributed by atoms with Gasteiger partial charge < -0.3 is 14.6 Å². The lowest BCUT2D eigenvalue weighted by Crippen LogP contribution is -2.10. The van der Waals surface area contributed by atoms with Gasteiger partial charge in [-0.2, -0.15) is 0 Å². The van der Waals surface area contributed by atoms with Crippen molar-refractivity contribution in [2.45, 2.75) is 44.1 Å². The van der Waals surface area contributed by atoms with Crippen LogP contribution >= 0.6 is 15.9 Å². The lowest BCUT2D eigenvalue weighted by molar-refractivity contribution is 0.151. The van der Waals surface area contributed by atoms with Crippen LogP contribution in [-0.2, 0) is 0 Å². The van der Waals surface area contributed by atoms with E-state index in [-0.39, 0.29) is 6.10 Å². The van der Waals surface area contributed by atoms with Gasteiger partial charge in [0.15, 0.2) is 0 Å². The number of hydrogen-bond acceptors (Lipinski definition) is 3. The molecule has 0 amide bonds. The predicted octanol–water partition coefficient (Wildman–Crippen LogP) is 3.87. The fraction of sp³-hybridized carbons (Fsp3) is 0.600. The van der Waals surface area contributed by atoms with Crippen LogP contribution in [0.5, 0.6) is 11.5 Å². The maximum atomic E-state index is 9.98. The van der Waals surface area contributed by atoms with E-state index in [1.165, 1.54) is 0 Å². The van der Waals surface area contributed by atoms with E-state index in [9.17, 15) is 5.11 Å². The van der Waals surface area contributed by atoms with Gasteiger partial charge in [-0.3, -0.25) is 0 Å². The molecule has 1 N–H and O–H groups in total. The minimum absolute atomic E-state index is 0.196. The van der Waals surface area contributed by atoms with Crippen molar-refractivity contribution >= 4 is 15.9 Å². The van der Waals surface area contributed by atoms with Gasteiger partial charge in [-0.05, 0) is 52.7 Å². The van der Waals surface area contributed by atoms with Gasteiger partial charge in [0.05, 0.1) is 20.3 Å². The first-order valence-corrected chi connectivity index (χ1v) is 7.55. The summed E-state index contributed by atoms with van der Waals surface area (Å²) in [6.07, 6.45) is 4.90. The van der Waals surface area contributed by atoms with Crippen LogP contribution in [0.25, 0.3) is 0 Å². The highest BCUT2D eigenvalue weighted by atomic mass is 79.9. The summed E-state index contributed by atoms with van der Waals surface area (Å²) < 4.78 is 11.7. The summed E-state index contributed by atoms with van der Waals surface area (Å²) in [5, 5.41) is 9.98. The van der Waals surface area contributed by atoms with Gasteiger partial charge in [-0.25, -0.2) is 0 Å². The second-order valence-electron chi connectivity index (χ2n) is 5.08. The Labute approximate surface area is 123 Å². The summed E-state index contributed by atoms with van der Waals surface area (Å²) >= 11 is 3.54. The third-order valence-corrected chi connectivity index (χ3v) is 4.60. The quantitative estimate of drug-likeness (QED) is 0.856. The second-order valence-corrected chi connectivity index (χ2v) is 5.87. The first-order chi connectivity index (χ1) is 9.17. The Kier molecular flexibility index (Phi) is 5.11. The van der Waals surface area contributed by atoms with Gasteiger partial charge >= 0.3 is 0 Å². The zero-order valence-corrected chi connectivity index (χ0v) is 13.1. The number of rotatable bonds is 3. The molecule has 2 unspecified atom stereocenters. The van der Waals surface area contributed by atoms with Gasteiger partial charge in [-0.1, -0.05) is 18.9 Å². The van der Waals surface area contributed by atoms with Crippen molar-refractivity contribution in [1.29, 1.82) is 0 Å². The summed E-state index contributed by atoms with van der Waals surface area (Å²) in [5.41, 5.74) is 1.16. The Morgan fingerprint density at radius 3 is 2.58 bits per heavy atom. The van der Waals surface area contributed by atoms with Crippen molar-refractivity contribution in [3.05, 3.63) is 22.2 Å². The van der Waals surface area contributed by atoms with E-state index >= 15 is 0 Å². The fourth-order valence-corrected chi connectivity index (χ4v) is 3.54. The van der Waals surface area contributed by atoms with E-state index < -0.39 is 0 Å². The Morgan fingerprint density at radius 1 is 1.16 bits per heavy atom. The number of hydrogen-bond donors (Lipinski definition) is 1. The summed E-state index contributed by atoms with van der Waals surface area (Å²) in [4.78, 5) is 0. The van der Waals surface area contributed by atoms with E-state index in [1.54, 1.807) is 14.2 Å². The molecule has 0 radical (unpaired) electrons. The molecule has 1 aliphatic carbocycles. The van der Waals surface area contributed by atoms with Crippen molar-refractivity contribution in [2.75, 3.05) is 14.2 Å². The van der Waals surface area contributed by atoms with E-state index in [4.69, 9.17) is 9.47 Å². The van der Waals surface area contributed by atoms with Gasteiger partial charge in [0.25, 0.3) is 0 Å². The predicted molar refractivity (Wildman–Crippen MR) is 79.1 cm³/mol. The Morgan fingerprint density at radius 2 is 1.89 bits per heavy atom. The van der Waals surface area contributed by atoms with Crippen molar-refractivity contribution in [2.24, 2.45) is 0 Å². The number of aliphatic hydroxyl groups excluding tert-OH is 1. The zero-order valence-electron chi connectivity index (χ0n) is 11.5. The Bertz CT molecular complexity index is 434. The molecular weight excluding hydrogens is 308 g/mol. The minimum atomic E-state index is -0.196. The number of aliphatic hydroxyl groups is 1. The summed E-state index contributed by atoms with van der Waals surface area (Å²) in [5.74, 6) is 1.96. The summed E-state index contributed by atoms with van der Waals surface area (Å²) in [6.45, 7) is 0. The molecule has 0 spiro atoms. The largest absolute Gasteiger partial charge is 0.495 e. The van der Waals surface area contributed by atoms with Crippen molar-refractivity contribution in [1.82, 2.24) is 0 Å². The van der Waals surface area contributed by atoms with Crippen molar-refractivity contribution in [3.63, 3.8) is 0 Å². The highest BCUT2D eigenvalue weighted by Gasteiger charge is 2.24. The average molecular weight is 329 g/mol. The first-order valence-electron chi connectivity index (χ1n) is 6.75. The minimum Gasteiger partial charge on any atom is -0.495 e. The second kappa shape index (κ2) is 6.62. The maximum Gasteiger partial charge on any atom is 0.140 e. The monoisotopic (exact) mass is 328 g/mol. The first kappa shape index (κ1) is 14.7. The number of ether oxygens (including phenoxy) is 2. The van der Waals surface area contributed by atoms with Gasteiger partial charge in [0.1, 0.15) is 16.0 Å². The SMILES string of the molecule is COc1ccc(C2CCCCC(O)C2)c(OC)c1Br. The molecule has 2 atom stereocenters. The number of methoxy groups -OCH3 is 2. The van der Waals surface area contributed by atoms with Crippen LogP contribution in [0.1, 0.15) is 43.6 Å². The molecule has 19 heavy (non-hydrogen) atoms. The van der Waals surface area contributed by atoms with Crippen molar-refractivity contribution in [3.8, 4) is 11.5 Å². The van der Waals surface area contributed by atoms with E-state index in [1.807, 2.05) is 6.07 Å². The maximum absolute atomic E-state index is 9.98. The molecule has 4 heteroatoms. The third-order valence-electron chi connectivity index (χ3n) is 3.85. The molecule has 1 aliphatic rings. The normalized spacial score (nSPS) is 23.8. The van der Waals surface area contributed by atoms with Gasteiger partial charge in [-0.15, -0.1) is 0 Å². The van der Waals surface area contributed by atoms with E-state index in [0.717, 1.165) is 53.6 Å². The lowest BCUT2D eigenvalue weighted by atomic mass is 9.90. The molecule has 0 heterocycles. The Balaban J connectivity index is 2.35. The molecule has 2 rings (SSSR count). The van der Waals surface area contributed by atoms with Crippen LogP contribution in [0.2, 0.25) is 0 Å². The van der Waals surface area contributed by atoms with Crippen LogP contribution in [0.15, 0.2) is 16.6 Å². The summed E-state index contributed by atoms with van der Waals surface area (Å²) in [6, 6.07) is 4.02. The van der Waals surface area contributed by atoms with Crippen LogP contribution in [0, 0.1) is 0 Å². The highest BCUT2D eigenvalue weighted by Crippen LogP contribution is 2.43. The van der Waals surface area contributed by atoms with Crippen molar-refractivity contribution < 1.29 is 14.6 Å². The lowest BCUT2D eigenvalue weighted by Gasteiger charge is -2.21. The van der Waals surface area contributed by atoms with Crippen LogP contribution in [-0.4, -0.2) is 25.4 Å². The molecule has 1 aromatic carbocycles. The summed E-state index contributed by atoms with van der Waals surface area (Å²) in [7, 11) is 3.32. The smallest absolute Gasteiger partial charge is 0.140 e. The molecule has 1 fully saturated rings. The average Bonchev–Trinajstić information content (AvgIpc) is 2.63. The molecule has 106 valence electrons. The van der Waals surface area contributed by atoms with Gasteiger partial charge in [0, 0.05) is 0 Å². The van der Waals surface area contributed by atoms with Crippen LogP contribution in [0.4, 0.5) is 0 Å². The zero-order chi connectivity index (χ0) is 13.8. The third kappa shape index (κ3) is 3.23. The molecular formula is C15H21BrO3. The molecule has 0 aliphatic heterocycles. The molecule has 1 aromatic rings. The fourth-order valence-electron chi connectivity index (χ4n) is 2.86. The molecule has 0 saturated heterocycles. The highest BCUT2D eigenvalue weighted by molar-refractivity contribution is 9.10. The van der Waals surface area contributed by atoms with Gasteiger partial charge in [0.2, 0.25) is 0 Å². The van der Waals surface area contributed by atoms with Crippen LogP contribution < -0.4 is 9.47 Å². The molecule has 0 bridgehead atoms. The Hall–Kier alpha value is -0.740. The van der Waals surface area contributed by atoms with Crippen LogP contribution in [0.3, 0.4) is 0 Å². The topological polar surface area (TPSA) is 38.7 Å². The van der Waals surface area contributed by atoms with E-state index in [0.29, 0.717) is 5.92 Å². The van der Waals surface area contributed by atoms with E-state index in [2.05, 4.69) is 22.0 Å². The number of halogens is 1. The molecule has 3 nitrogen and oxygen atoms in total.